The lowest BCUT2D eigenvalue weighted by Gasteiger charge is -2.34. The Bertz CT molecular complexity index is 679. The molecule has 3 rings (SSSR count). The molecule has 2 fully saturated rings. The predicted molar refractivity (Wildman–Crippen MR) is 104 cm³/mol. The van der Waals surface area contributed by atoms with E-state index in [0.717, 1.165) is 18.8 Å². The molecule has 0 spiro atoms. The first-order valence-corrected chi connectivity index (χ1v) is 9.98. The van der Waals surface area contributed by atoms with Gasteiger partial charge in [-0.1, -0.05) is 18.2 Å². The molecule has 6 heteroatoms. The Morgan fingerprint density at radius 2 is 1.67 bits per heavy atom. The van der Waals surface area contributed by atoms with E-state index in [0.29, 0.717) is 32.5 Å². The van der Waals surface area contributed by atoms with Crippen LogP contribution in [0.25, 0.3) is 0 Å². The van der Waals surface area contributed by atoms with Gasteiger partial charge < -0.3 is 14.7 Å². The average Bonchev–Trinajstić information content (AvgIpc) is 3.10. The molecule has 0 N–H and O–H groups in total. The van der Waals surface area contributed by atoms with Crippen LogP contribution < -0.4 is 4.90 Å². The van der Waals surface area contributed by atoms with Crippen LogP contribution in [0.1, 0.15) is 33.1 Å². The number of piperidine rings is 1. The monoisotopic (exact) mass is 371 g/mol. The third kappa shape index (κ3) is 4.15. The van der Waals surface area contributed by atoms with Crippen LogP contribution in [0, 0.1) is 11.8 Å². The summed E-state index contributed by atoms with van der Waals surface area (Å²) >= 11 is 0. The maximum Gasteiger partial charge on any atom is 0.228 e. The highest BCUT2D eigenvalue weighted by molar-refractivity contribution is 6.00. The van der Waals surface area contributed by atoms with Crippen molar-refractivity contribution in [1.82, 2.24) is 9.80 Å². The second-order valence-electron chi connectivity index (χ2n) is 7.35. The van der Waals surface area contributed by atoms with Crippen LogP contribution >= 0.6 is 0 Å². The van der Waals surface area contributed by atoms with Gasteiger partial charge in [-0.2, -0.15) is 0 Å². The number of para-hydroxylation sites is 1. The fourth-order valence-corrected chi connectivity index (χ4v) is 4.13. The van der Waals surface area contributed by atoms with Crippen LogP contribution in [0.15, 0.2) is 30.3 Å². The maximum atomic E-state index is 12.9. The molecule has 6 nitrogen and oxygen atoms in total. The average molecular weight is 371 g/mol. The van der Waals surface area contributed by atoms with Crippen LogP contribution in [0.5, 0.6) is 0 Å². The molecule has 0 radical (unpaired) electrons. The summed E-state index contributed by atoms with van der Waals surface area (Å²) in [5, 5.41) is 0. The summed E-state index contributed by atoms with van der Waals surface area (Å²) in [5.41, 5.74) is 0.848. The summed E-state index contributed by atoms with van der Waals surface area (Å²) in [5.74, 6) is -0.00669. The summed E-state index contributed by atoms with van der Waals surface area (Å²) in [6, 6.07) is 9.51. The third-order valence-electron chi connectivity index (χ3n) is 5.77. The molecule has 1 aromatic rings. The molecule has 2 heterocycles. The number of amides is 3. The molecule has 146 valence electrons. The number of carbonyl (C=O) groups excluding carboxylic acids is 3. The smallest absolute Gasteiger partial charge is 0.228 e. The highest BCUT2D eigenvalue weighted by Gasteiger charge is 2.38. The van der Waals surface area contributed by atoms with E-state index in [1.807, 2.05) is 54.0 Å². The van der Waals surface area contributed by atoms with Crippen molar-refractivity contribution in [1.29, 1.82) is 0 Å². The number of hydrogen-bond donors (Lipinski definition) is 0. The van der Waals surface area contributed by atoms with Gasteiger partial charge in [0.15, 0.2) is 0 Å². The molecule has 27 heavy (non-hydrogen) atoms. The Morgan fingerprint density at radius 1 is 1.04 bits per heavy atom. The summed E-state index contributed by atoms with van der Waals surface area (Å²) < 4.78 is 0. The Labute approximate surface area is 161 Å². The molecular weight excluding hydrogens is 342 g/mol. The number of rotatable bonds is 5. The third-order valence-corrected chi connectivity index (χ3v) is 5.77. The fourth-order valence-electron chi connectivity index (χ4n) is 4.13. The Morgan fingerprint density at radius 3 is 2.26 bits per heavy atom. The van der Waals surface area contributed by atoms with Gasteiger partial charge >= 0.3 is 0 Å². The van der Waals surface area contributed by atoms with Gasteiger partial charge in [-0.05, 0) is 38.8 Å². The van der Waals surface area contributed by atoms with Crippen LogP contribution in [0.2, 0.25) is 0 Å². The second-order valence-corrected chi connectivity index (χ2v) is 7.35. The minimum absolute atomic E-state index is 0.00569. The van der Waals surface area contributed by atoms with Gasteiger partial charge in [0.25, 0.3) is 0 Å². The molecule has 0 aliphatic carbocycles. The molecule has 0 bridgehead atoms. The first kappa shape index (κ1) is 19.4. The van der Waals surface area contributed by atoms with Gasteiger partial charge in [-0.25, -0.2) is 0 Å². The van der Waals surface area contributed by atoms with Crippen molar-refractivity contribution in [2.75, 3.05) is 37.6 Å². The quantitative estimate of drug-likeness (QED) is 0.797. The van der Waals surface area contributed by atoms with Gasteiger partial charge in [0.05, 0.1) is 5.92 Å². The van der Waals surface area contributed by atoms with Crippen molar-refractivity contribution in [3.8, 4) is 0 Å². The van der Waals surface area contributed by atoms with Crippen molar-refractivity contribution in [3.05, 3.63) is 30.3 Å². The number of nitrogens with zero attached hydrogens (tertiary/aromatic N) is 3. The predicted octanol–water partition coefficient (Wildman–Crippen LogP) is 2.15. The first-order chi connectivity index (χ1) is 13.0. The minimum Gasteiger partial charge on any atom is -0.343 e. The zero-order valence-corrected chi connectivity index (χ0v) is 16.3. The highest BCUT2D eigenvalue weighted by Crippen LogP contribution is 2.28. The van der Waals surface area contributed by atoms with Gasteiger partial charge in [0, 0.05) is 50.7 Å². The maximum absolute atomic E-state index is 12.9. The standard InChI is InChI=1S/C21H29N3O3/c1-3-22(4-2)20(26)16-10-12-23(13-11-16)21(27)17-14-19(25)24(15-17)18-8-6-5-7-9-18/h5-9,16-17H,3-4,10-15H2,1-2H3. The van der Waals surface area contributed by atoms with Gasteiger partial charge in [0.1, 0.15) is 0 Å². The number of anilines is 1. The molecule has 3 amide bonds. The van der Waals surface area contributed by atoms with Gasteiger partial charge in [0.2, 0.25) is 17.7 Å². The van der Waals surface area contributed by atoms with E-state index in [-0.39, 0.29) is 36.0 Å². The fraction of sp³-hybridized carbons (Fsp3) is 0.571. The first-order valence-electron chi connectivity index (χ1n) is 9.98. The second kappa shape index (κ2) is 8.55. The molecule has 1 unspecified atom stereocenters. The Balaban J connectivity index is 1.56. The number of benzene rings is 1. The molecule has 2 aliphatic rings. The van der Waals surface area contributed by atoms with Crippen molar-refractivity contribution in [3.63, 3.8) is 0 Å². The molecular formula is C21H29N3O3. The number of likely N-dealkylation sites (tertiary alicyclic amines) is 1. The molecule has 1 atom stereocenters. The normalized spacial score (nSPS) is 20.8. The summed E-state index contributed by atoms with van der Waals surface area (Å²) in [4.78, 5) is 43.2. The lowest BCUT2D eigenvalue weighted by molar-refractivity contribution is -0.142. The Hall–Kier alpha value is -2.37. The number of hydrogen-bond acceptors (Lipinski definition) is 3. The van der Waals surface area contributed by atoms with Crippen molar-refractivity contribution in [2.45, 2.75) is 33.1 Å². The molecule has 0 saturated carbocycles. The van der Waals surface area contributed by atoms with E-state index in [1.165, 1.54) is 0 Å². The van der Waals surface area contributed by atoms with Crippen LogP contribution in [-0.2, 0) is 14.4 Å². The van der Waals surface area contributed by atoms with Crippen LogP contribution in [-0.4, -0.2) is 60.2 Å². The van der Waals surface area contributed by atoms with E-state index in [9.17, 15) is 14.4 Å². The van der Waals surface area contributed by atoms with Gasteiger partial charge in [-0.15, -0.1) is 0 Å². The minimum atomic E-state index is -0.285. The van der Waals surface area contributed by atoms with E-state index in [4.69, 9.17) is 0 Å². The number of carbonyl (C=O) groups is 3. The van der Waals surface area contributed by atoms with Gasteiger partial charge in [-0.3, -0.25) is 14.4 Å². The highest BCUT2D eigenvalue weighted by atomic mass is 16.2. The molecule has 1 aromatic carbocycles. The topological polar surface area (TPSA) is 60.9 Å². The van der Waals surface area contributed by atoms with E-state index in [2.05, 4.69) is 0 Å². The van der Waals surface area contributed by atoms with Crippen molar-refractivity contribution >= 4 is 23.4 Å². The lowest BCUT2D eigenvalue weighted by atomic mass is 9.94. The Kier molecular flexibility index (Phi) is 6.14. The molecule has 0 aromatic heterocycles. The SMILES string of the molecule is CCN(CC)C(=O)C1CCN(C(=O)C2CC(=O)N(c3ccccc3)C2)CC1. The van der Waals surface area contributed by atoms with E-state index < -0.39 is 0 Å². The van der Waals surface area contributed by atoms with Crippen LogP contribution in [0.4, 0.5) is 5.69 Å². The van der Waals surface area contributed by atoms with Crippen LogP contribution in [0.3, 0.4) is 0 Å². The zero-order chi connectivity index (χ0) is 19.4. The largest absolute Gasteiger partial charge is 0.343 e. The summed E-state index contributed by atoms with van der Waals surface area (Å²) in [6.07, 6.45) is 1.69. The van der Waals surface area contributed by atoms with E-state index in [1.54, 1.807) is 4.90 Å². The summed E-state index contributed by atoms with van der Waals surface area (Å²) in [7, 11) is 0. The van der Waals surface area contributed by atoms with E-state index >= 15 is 0 Å². The van der Waals surface area contributed by atoms with Crippen molar-refractivity contribution in [2.24, 2.45) is 11.8 Å². The molecule has 2 saturated heterocycles. The zero-order valence-electron chi connectivity index (χ0n) is 16.3. The molecule has 2 aliphatic heterocycles. The summed E-state index contributed by atoms with van der Waals surface area (Å²) in [6.45, 7) is 7.10. The van der Waals surface area contributed by atoms with Crippen molar-refractivity contribution < 1.29 is 14.4 Å². The lowest BCUT2D eigenvalue weighted by Crippen LogP contribution is -2.46.